The zero-order chi connectivity index (χ0) is 54.9. The number of rotatable bonds is 21. The Labute approximate surface area is 414 Å². The molecule has 42 heteroatoms. The van der Waals surface area contributed by atoms with E-state index in [4.69, 9.17) is 20.7 Å². The van der Waals surface area contributed by atoms with E-state index in [1.807, 2.05) is 0 Å². The molecule has 73 heavy (non-hydrogen) atoms. The van der Waals surface area contributed by atoms with E-state index in [1.165, 1.54) is 0 Å². The summed E-state index contributed by atoms with van der Waals surface area (Å²) in [5.74, 6) is -8.24. The fraction of sp³-hybridized carbons (Fsp3) is 0.129. The Balaban J connectivity index is 1.46. The molecular formula is C31H28ClN9O25S7. The molecule has 5 rings (SSSR count). The van der Waals surface area contributed by atoms with Gasteiger partial charge in [-0.05, 0) is 54.1 Å². The van der Waals surface area contributed by atoms with Crippen molar-refractivity contribution in [1.82, 2.24) is 15.0 Å². The van der Waals surface area contributed by atoms with E-state index in [0.717, 1.165) is 12.1 Å². The molecule has 34 nitrogen and oxygen atoms in total. The van der Waals surface area contributed by atoms with Crippen LogP contribution in [0.2, 0.25) is 5.28 Å². The number of azo groups is 2. The van der Waals surface area contributed by atoms with Crippen molar-refractivity contribution >= 4 is 128 Å². The molecule has 5 aromatic rings. The molecule has 1 aromatic heterocycles. The van der Waals surface area contributed by atoms with Crippen LogP contribution in [0.3, 0.4) is 0 Å². The number of hydrogen-bond acceptors (Lipinski definition) is 29. The summed E-state index contributed by atoms with van der Waals surface area (Å²) in [6.07, 6.45) is 0. The smallest absolute Gasteiger partial charge is 0.397 e. The molecule has 0 amide bonds. The Bertz CT molecular complexity index is 3940. The van der Waals surface area contributed by atoms with Crippen LogP contribution >= 0.6 is 11.6 Å². The first-order valence-electron chi connectivity index (χ1n) is 18.2. The summed E-state index contributed by atoms with van der Waals surface area (Å²) in [6, 6.07) is 5.55. The number of halogens is 1. The van der Waals surface area contributed by atoms with Crippen LogP contribution in [0.1, 0.15) is 0 Å². The van der Waals surface area contributed by atoms with Crippen LogP contribution in [-0.4, -0.2) is 142 Å². The van der Waals surface area contributed by atoms with Gasteiger partial charge in [-0.25, -0.2) is 25.2 Å². The molecular weight excluding hydrogens is 1160 g/mol. The lowest BCUT2D eigenvalue weighted by Crippen LogP contribution is -2.16. The highest BCUT2D eigenvalue weighted by Gasteiger charge is 2.28. The Morgan fingerprint density at radius 2 is 0.918 bits per heavy atom. The van der Waals surface area contributed by atoms with Crippen molar-refractivity contribution in [2.75, 3.05) is 35.4 Å². The zero-order valence-electron chi connectivity index (χ0n) is 34.9. The molecule has 0 bridgehead atoms. The van der Waals surface area contributed by atoms with Crippen LogP contribution in [0.15, 0.2) is 99.5 Å². The zero-order valence-corrected chi connectivity index (χ0v) is 41.4. The van der Waals surface area contributed by atoms with Crippen LogP contribution in [0.4, 0.5) is 46.0 Å². The van der Waals surface area contributed by atoms with Crippen molar-refractivity contribution in [2.24, 2.45) is 20.5 Å². The van der Waals surface area contributed by atoms with Crippen molar-refractivity contribution in [3.63, 3.8) is 0 Å². The Morgan fingerprint density at radius 3 is 1.40 bits per heavy atom. The number of sulfone groups is 2. The van der Waals surface area contributed by atoms with Crippen molar-refractivity contribution < 1.29 is 110 Å². The number of phenolic OH excluding ortho intramolecular Hbond substituents is 4. The van der Waals surface area contributed by atoms with Gasteiger partial charge in [0.1, 0.15) is 48.9 Å². The summed E-state index contributed by atoms with van der Waals surface area (Å²) in [5.41, 5.74) is -4.19. The number of hydrogen-bond donors (Lipinski definition) is 11. The number of benzene rings is 4. The third-order valence-corrected chi connectivity index (χ3v) is 15.5. The van der Waals surface area contributed by atoms with Gasteiger partial charge in [-0.3, -0.25) is 22.8 Å². The van der Waals surface area contributed by atoms with E-state index in [1.54, 1.807) is 0 Å². The maximum atomic E-state index is 12.9. The number of anilines is 4. The first-order valence-corrected chi connectivity index (χ1v) is 28.9. The summed E-state index contributed by atoms with van der Waals surface area (Å²) in [5, 5.41) is 60.4. The van der Waals surface area contributed by atoms with Crippen molar-refractivity contribution in [3.8, 4) is 23.0 Å². The summed E-state index contributed by atoms with van der Waals surface area (Å²) >= 11 is 5.99. The van der Waals surface area contributed by atoms with Crippen molar-refractivity contribution in [2.45, 2.75) is 24.5 Å². The maximum absolute atomic E-state index is 12.9. The lowest BCUT2D eigenvalue weighted by Gasteiger charge is -2.14. The van der Waals surface area contributed by atoms with Crippen molar-refractivity contribution in [3.05, 3.63) is 59.9 Å². The van der Waals surface area contributed by atoms with Gasteiger partial charge < -0.3 is 31.1 Å². The maximum Gasteiger partial charge on any atom is 0.397 e. The topological polar surface area (TPSA) is 552 Å². The van der Waals surface area contributed by atoms with Gasteiger partial charge >= 0.3 is 20.8 Å². The number of aromatic hydroxyl groups is 4. The predicted molar refractivity (Wildman–Crippen MR) is 241 cm³/mol. The van der Waals surface area contributed by atoms with Crippen LogP contribution in [0, 0.1) is 0 Å². The highest BCUT2D eigenvalue weighted by atomic mass is 35.5. The normalized spacial score (nSPS) is 13.2. The van der Waals surface area contributed by atoms with Gasteiger partial charge in [0.05, 0.1) is 40.2 Å². The van der Waals surface area contributed by atoms with Gasteiger partial charge in [-0.2, -0.15) is 57.0 Å². The van der Waals surface area contributed by atoms with Gasteiger partial charge in [-0.1, -0.05) is 0 Å². The Hall–Kier alpha value is -6.45. The van der Waals surface area contributed by atoms with Crippen LogP contribution in [-0.2, 0) is 79.2 Å². The fourth-order valence-electron chi connectivity index (χ4n) is 5.33. The molecule has 0 fully saturated rings. The van der Waals surface area contributed by atoms with Gasteiger partial charge in [0.15, 0.2) is 31.2 Å². The van der Waals surface area contributed by atoms with Crippen LogP contribution in [0.25, 0.3) is 0 Å². The fourth-order valence-corrected chi connectivity index (χ4v) is 10.6. The lowest BCUT2D eigenvalue weighted by molar-refractivity contribution is 0.282. The Morgan fingerprint density at radius 1 is 0.479 bits per heavy atom. The minimum absolute atomic E-state index is 0.259. The second-order valence-corrected chi connectivity index (χ2v) is 24.5. The second kappa shape index (κ2) is 21.2. The lowest BCUT2D eigenvalue weighted by atomic mass is 10.2. The summed E-state index contributed by atoms with van der Waals surface area (Å²) < 4.78 is 223. The predicted octanol–water partition coefficient (Wildman–Crippen LogP) is 2.59. The molecule has 4 aromatic carbocycles. The molecule has 0 saturated heterocycles. The highest BCUT2D eigenvalue weighted by Crippen LogP contribution is 2.43. The number of phenols is 4. The van der Waals surface area contributed by atoms with E-state index < -0.39 is 189 Å². The van der Waals surface area contributed by atoms with E-state index in [0.29, 0.717) is 36.4 Å². The SMILES string of the molecule is O=S(=O)(O)OCCS(=O)(=O)c1cc(/N=N/c2cc(/N=N/c3ccc(Nc4nc(Cl)nc(Nc5cc(S(=O)(=O)CCOS(=O)(=O)O)cc(S(=O)(=O)O)c5O)n4)cc3S(=O)(=O)O)c(O)cc2O)c(O)c(S(=O)(=O)O)c1. The monoisotopic (exact) mass is 1180 g/mol. The van der Waals surface area contributed by atoms with Gasteiger partial charge in [0.2, 0.25) is 17.2 Å². The van der Waals surface area contributed by atoms with Crippen LogP contribution in [0.5, 0.6) is 23.0 Å². The highest BCUT2D eigenvalue weighted by molar-refractivity contribution is 7.92. The molecule has 0 saturated carbocycles. The number of nitrogens with one attached hydrogen (secondary N) is 2. The second-order valence-electron chi connectivity index (χ2n) is 13.6. The van der Waals surface area contributed by atoms with Gasteiger partial charge in [-0.15, -0.1) is 20.5 Å². The molecule has 0 aliphatic heterocycles. The summed E-state index contributed by atoms with van der Waals surface area (Å²) in [6.45, 7) is -2.36. The average molecular weight is 1190 g/mol. The molecule has 1 heterocycles. The standard InChI is InChI=1S/C31H28ClN9O25S7/c32-29-35-30(37-31(36-29)34-20-8-15(10-25(27(20)44)70(53,54)55)67(46,47)5-3-65-72(59,60)61)33-14-1-2-17(24(7-14)69(50,51)52)38-39-18-12-19(23(43)13-22(18)42)40-41-21-9-16(11-26(28(21)45)71(56,57)58)68(48,49)6-4-66-73(62,63)64/h1-2,7-13,42-45H,3-6H2,(H,50,51,52)(H,53,54,55)(H,56,57,58)(H,59,60,61)(H,62,63,64)(H2,33,34,35,36,37)/b39-38+,41-40+. The third kappa shape index (κ3) is 15.5. The first-order chi connectivity index (χ1) is 33.3. The molecule has 11 N–H and O–H groups in total. The van der Waals surface area contributed by atoms with Gasteiger partial charge in [0.25, 0.3) is 30.4 Å². The number of nitrogens with zero attached hydrogens (tertiary/aromatic N) is 7. The molecule has 0 spiro atoms. The minimum atomic E-state index is -5.42. The average Bonchev–Trinajstić information content (AvgIpc) is 3.21. The minimum Gasteiger partial charge on any atom is -0.505 e. The van der Waals surface area contributed by atoms with Gasteiger partial charge in [0, 0.05) is 17.8 Å². The molecule has 0 atom stereocenters. The molecule has 0 unspecified atom stereocenters. The van der Waals surface area contributed by atoms with Crippen LogP contribution < -0.4 is 10.6 Å². The van der Waals surface area contributed by atoms with Crippen molar-refractivity contribution in [1.29, 1.82) is 0 Å². The van der Waals surface area contributed by atoms with E-state index >= 15 is 0 Å². The molecule has 0 radical (unpaired) electrons. The van der Waals surface area contributed by atoms with E-state index in [9.17, 15) is 93.0 Å². The Kier molecular flexibility index (Phi) is 16.7. The summed E-state index contributed by atoms with van der Waals surface area (Å²) in [7, 11) is -35.8. The molecule has 0 aliphatic carbocycles. The largest absolute Gasteiger partial charge is 0.505 e. The number of aromatic nitrogens is 3. The molecule has 0 aliphatic rings. The quantitative estimate of drug-likeness (QED) is 0.0286. The summed E-state index contributed by atoms with van der Waals surface area (Å²) in [4.78, 5) is 5.47. The van der Waals surface area contributed by atoms with E-state index in [-0.39, 0.29) is 11.8 Å². The third-order valence-electron chi connectivity index (χ3n) is 8.47. The van der Waals surface area contributed by atoms with E-state index in [2.05, 4.69) is 54.4 Å². The molecule has 396 valence electrons. The first kappa shape index (κ1) is 57.5.